The summed E-state index contributed by atoms with van der Waals surface area (Å²) in [5.41, 5.74) is 3.15. The van der Waals surface area contributed by atoms with Crippen molar-refractivity contribution in [1.29, 1.82) is 0 Å². The van der Waals surface area contributed by atoms with Crippen molar-refractivity contribution in [3.63, 3.8) is 0 Å². The first-order chi connectivity index (χ1) is 16.7. The molecule has 35 heavy (non-hydrogen) atoms. The molecule has 0 spiro atoms. The predicted molar refractivity (Wildman–Crippen MR) is 125 cm³/mol. The molecule has 0 aliphatic carbocycles. The van der Waals surface area contributed by atoms with Crippen molar-refractivity contribution < 1.29 is 27.4 Å². The number of rotatable bonds is 7. The summed E-state index contributed by atoms with van der Waals surface area (Å²) in [6.45, 7) is 0.664. The number of ether oxygens (including phenoxy) is 2. The third kappa shape index (κ3) is 5.94. The zero-order valence-corrected chi connectivity index (χ0v) is 19.5. The molecule has 0 saturated carbocycles. The van der Waals surface area contributed by atoms with Crippen molar-refractivity contribution in [2.75, 3.05) is 25.6 Å². The van der Waals surface area contributed by atoms with Crippen LogP contribution < -0.4 is 15.0 Å². The summed E-state index contributed by atoms with van der Waals surface area (Å²) < 4.78 is 50.0. The van der Waals surface area contributed by atoms with E-state index in [9.17, 15) is 18.0 Å². The number of hydrogen-bond donors (Lipinski definition) is 1. The van der Waals surface area contributed by atoms with Crippen molar-refractivity contribution in [2.24, 2.45) is 0 Å². The number of amides is 1. The lowest BCUT2D eigenvalue weighted by Crippen LogP contribution is -2.26. The van der Waals surface area contributed by atoms with Crippen LogP contribution in [0.1, 0.15) is 41.5 Å². The molecule has 1 atom stereocenters. The molecule has 0 radical (unpaired) electrons. The van der Waals surface area contributed by atoms with Gasteiger partial charge in [0.1, 0.15) is 5.75 Å². The summed E-state index contributed by atoms with van der Waals surface area (Å²) in [7, 11) is 3.91. The molecule has 7 nitrogen and oxygen atoms in total. The third-order valence-corrected chi connectivity index (χ3v) is 5.66. The SMILES string of the molecule is CN(C)c1ccccc1-c1cc(CNC(=O)c2ccccc2OC(F)(F)F)nn1C1CCCCO1. The maximum Gasteiger partial charge on any atom is 0.573 e. The van der Waals surface area contributed by atoms with Gasteiger partial charge in [0.25, 0.3) is 5.91 Å². The van der Waals surface area contributed by atoms with Gasteiger partial charge < -0.3 is 19.7 Å². The van der Waals surface area contributed by atoms with Crippen LogP contribution in [-0.2, 0) is 11.3 Å². The Morgan fingerprint density at radius 3 is 2.63 bits per heavy atom. The number of halogens is 3. The average molecular weight is 489 g/mol. The molecule has 2 heterocycles. The van der Waals surface area contributed by atoms with Gasteiger partial charge in [0, 0.05) is 32.0 Å². The fourth-order valence-electron chi connectivity index (χ4n) is 4.08. The summed E-state index contributed by atoms with van der Waals surface area (Å²) in [6, 6.07) is 15.0. The van der Waals surface area contributed by atoms with Gasteiger partial charge in [-0.3, -0.25) is 4.79 Å². The Kier molecular flexibility index (Phi) is 7.30. The number of para-hydroxylation sites is 2. The van der Waals surface area contributed by atoms with Crippen molar-refractivity contribution in [3.05, 3.63) is 65.9 Å². The van der Waals surface area contributed by atoms with E-state index in [1.807, 2.05) is 54.0 Å². The molecular weight excluding hydrogens is 461 g/mol. The van der Waals surface area contributed by atoms with E-state index >= 15 is 0 Å². The van der Waals surface area contributed by atoms with Crippen LogP contribution in [0.4, 0.5) is 18.9 Å². The zero-order chi connectivity index (χ0) is 25.0. The van der Waals surface area contributed by atoms with Gasteiger partial charge in [0.15, 0.2) is 6.23 Å². The van der Waals surface area contributed by atoms with Gasteiger partial charge in [-0.05, 0) is 43.5 Å². The number of carbonyl (C=O) groups excluding carboxylic acids is 1. The smallest absolute Gasteiger partial charge is 0.405 e. The van der Waals surface area contributed by atoms with Crippen LogP contribution in [0.2, 0.25) is 0 Å². The van der Waals surface area contributed by atoms with Crippen molar-refractivity contribution in [1.82, 2.24) is 15.1 Å². The van der Waals surface area contributed by atoms with Crippen LogP contribution in [0.15, 0.2) is 54.6 Å². The van der Waals surface area contributed by atoms with Gasteiger partial charge in [0.2, 0.25) is 0 Å². The summed E-state index contributed by atoms with van der Waals surface area (Å²) in [4.78, 5) is 14.7. The number of nitrogens with zero attached hydrogens (tertiary/aromatic N) is 3. The first-order valence-electron chi connectivity index (χ1n) is 11.3. The van der Waals surface area contributed by atoms with Gasteiger partial charge in [-0.2, -0.15) is 5.10 Å². The number of nitrogens with one attached hydrogen (secondary N) is 1. The molecule has 3 aromatic rings. The van der Waals surface area contributed by atoms with E-state index in [4.69, 9.17) is 9.84 Å². The molecule has 1 saturated heterocycles. The molecule has 1 unspecified atom stereocenters. The minimum Gasteiger partial charge on any atom is -0.405 e. The van der Waals surface area contributed by atoms with Gasteiger partial charge in [-0.25, -0.2) is 4.68 Å². The van der Waals surface area contributed by atoms with Gasteiger partial charge in [0.05, 0.1) is 23.5 Å². The largest absolute Gasteiger partial charge is 0.573 e. The molecular formula is C25H27F3N4O3. The quantitative estimate of drug-likeness (QED) is 0.499. The first kappa shape index (κ1) is 24.6. The van der Waals surface area contributed by atoms with E-state index in [0.717, 1.165) is 42.3 Å². The molecule has 1 aliphatic rings. The molecule has 0 bridgehead atoms. The molecule has 1 amide bonds. The number of benzene rings is 2. The Hall–Kier alpha value is -3.53. The Bertz CT molecular complexity index is 1170. The van der Waals surface area contributed by atoms with E-state index in [2.05, 4.69) is 10.1 Å². The second-order valence-corrected chi connectivity index (χ2v) is 8.42. The van der Waals surface area contributed by atoms with Crippen LogP contribution >= 0.6 is 0 Å². The van der Waals surface area contributed by atoms with E-state index in [-0.39, 0.29) is 18.3 Å². The van der Waals surface area contributed by atoms with Crippen molar-refractivity contribution in [2.45, 2.75) is 38.4 Å². The van der Waals surface area contributed by atoms with Crippen molar-refractivity contribution in [3.8, 4) is 17.0 Å². The summed E-state index contributed by atoms with van der Waals surface area (Å²) >= 11 is 0. The molecule has 186 valence electrons. The minimum atomic E-state index is -4.90. The maximum absolute atomic E-state index is 12.7. The molecule has 1 aromatic heterocycles. The standard InChI is InChI=1S/C25H27F3N4O3/c1-31(2)20-11-5-3-9-18(20)21-15-17(30-32(21)23-13-7-8-14-34-23)16-29-24(33)19-10-4-6-12-22(19)35-25(26,27)28/h3-6,9-12,15,23H,7-8,13-14,16H2,1-2H3,(H,29,33). The van der Waals surface area contributed by atoms with E-state index in [0.29, 0.717) is 12.3 Å². The zero-order valence-electron chi connectivity index (χ0n) is 19.5. The highest BCUT2D eigenvalue weighted by atomic mass is 19.4. The van der Waals surface area contributed by atoms with Crippen LogP contribution in [-0.4, -0.2) is 42.8 Å². The minimum absolute atomic E-state index is 0.0238. The van der Waals surface area contributed by atoms with E-state index < -0.39 is 18.0 Å². The topological polar surface area (TPSA) is 68.6 Å². The van der Waals surface area contributed by atoms with Gasteiger partial charge in [-0.15, -0.1) is 13.2 Å². The lowest BCUT2D eigenvalue weighted by atomic mass is 10.1. The Labute approximate surface area is 201 Å². The molecule has 4 rings (SSSR count). The third-order valence-electron chi connectivity index (χ3n) is 5.66. The first-order valence-corrected chi connectivity index (χ1v) is 11.3. The second-order valence-electron chi connectivity index (χ2n) is 8.42. The Balaban J connectivity index is 1.61. The number of hydrogen-bond acceptors (Lipinski definition) is 5. The summed E-state index contributed by atoms with van der Waals surface area (Å²) in [6.07, 6.45) is -2.32. The fraction of sp³-hybridized carbons (Fsp3) is 0.360. The van der Waals surface area contributed by atoms with Gasteiger partial charge >= 0.3 is 6.36 Å². The number of aromatic nitrogens is 2. The van der Waals surface area contributed by atoms with Crippen LogP contribution in [0.5, 0.6) is 5.75 Å². The van der Waals surface area contributed by atoms with Crippen molar-refractivity contribution >= 4 is 11.6 Å². The maximum atomic E-state index is 12.7. The van der Waals surface area contributed by atoms with Crippen LogP contribution in [0, 0.1) is 0 Å². The Morgan fingerprint density at radius 1 is 1.17 bits per heavy atom. The summed E-state index contributed by atoms with van der Waals surface area (Å²) in [5, 5.41) is 7.37. The summed E-state index contributed by atoms with van der Waals surface area (Å²) in [5.74, 6) is -1.25. The fourth-order valence-corrected chi connectivity index (χ4v) is 4.08. The predicted octanol–water partition coefficient (Wildman–Crippen LogP) is 5.14. The Morgan fingerprint density at radius 2 is 1.91 bits per heavy atom. The second kappa shape index (κ2) is 10.4. The molecule has 1 aliphatic heterocycles. The molecule has 1 N–H and O–H groups in total. The van der Waals surface area contributed by atoms with E-state index in [1.165, 1.54) is 18.2 Å². The molecule has 2 aromatic carbocycles. The normalized spacial score (nSPS) is 16.1. The van der Waals surface area contributed by atoms with Crippen LogP contribution in [0.3, 0.4) is 0 Å². The monoisotopic (exact) mass is 488 g/mol. The van der Waals surface area contributed by atoms with E-state index in [1.54, 1.807) is 0 Å². The van der Waals surface area contributed by atoms with Crippen LogP contribution in [0.25, 0.3) is 11.3 Å². The highest BCUT2D eigenvalue weighted by Crippen LogP contribution is 2.34. The number of alkyl halides is 3. The lowest BCUT2D eigenvalue weighted by molar-refractivity contribution is -0.274. The number of anilines is 1. The average Bonchev–Trinajstić information content (AvgIpc) is 3.26. The highest BCUT2D eigenvalue weighted by Gasteiger charge is 2.33. The van der Waals surface area contributed by atoms with Gasteiger partial charge in [-0.1, -0.05) is 30.3 Å². The molecule has 10 heteroatoms. The molecule has 1 fully saturated rings. The lowest BCUT2D eigenvalue weighted by Gasteiger charge is -2.25. The highest BCUT2D eigenvalue weighted by molar-refractivity contribution is 5.96. The number of carbonyl (C=O) groups is 1.